The number of nitrogens with two attached hydrogens (primary N) is 1. The second-order valence-electron chi connectivity index (χ2n) is 1.39. The fourth-order valence-electron chi connectivity index (χ4n) is 0. The van der Waals surface area contributed by atoms with Crippen molar-refractivity contribution in [1.82, 2.24) is 12.3 Å². The zero-order valence-electron chi connectivity index (χ0n) is 8.88. The first-order valence-electron chi connectivity index (χ1n) is 2.72. The molecule has 9 nitrogen and oxygen atoms in total. The van der Waals surface area contributed by atoms with Gasteiger partial charge in [-0.1, -0.05) is 0 Å². The van der Waals surface area contributed by atoms with Crippen molar-refractivity contribution in [2.45, 2.75) is 6.92 Å². The Kier molecular flexibility index (Phi) is 66.1. The van der Waals surface area contributed by atoms with Crippen LogP contribution in [-0.4, -0.2) is 79.5 Å². The number of carboxylic acid groups (broad SMARTS) is 3. The Morgan fingerprint density at radius 2 is 1.31 bits per heavy atom. The van der Waals surface area contributed by atoms with Crippen molar-refractivity contribution >= 4 is 76.1 Å². The molecule has 0 saturated heterocycles. The number of amides is 1. The number of carbonyl (C=O) groups excluding carboxylic acids is 1. The van der Waals surface area contributed by atoms with Crippen molar-refractivity contribution in [3.63, 3.8) is 0 Å². The first-order chi connectivity index (χ1) is 5.73. The molecule has 0 unspecified atom stereocenters. The van der Waals surface area contributed by atoms with Gasteiger partial charge in [0.05, 0.1) is 5.97 Å². The van der Waals surface area contributed by atoms with Gasteiger partial charge in [-0.15, -0.1) is 0 Å². The molecule has 0 spiro atoms. The Hall–Kier alpha value is -0.0395. The van der Waals surface area contributed by atoms with Crippen LogP contribution >= 0.6 is 12.6 Å². The summed E-state index contributed by atoms with van der Waals surface area (Å²) in [6.07, 6.45) is -1.33. The molecule has 0 aliphatic carbocycles. The van der Waals surface area contributed by atoms with Gasteiger partial charge in [-0.25, -0.2) is 4.79 Å². The number of hydrogen-bond acceptors (Lipinski definition) is 7. The van der Waals surface area contributed by atoms with Crippen molar-refractivity contribution in [2.75, 3.05) is 5.75 Å². The van der Waals surface area contributed by atoms with E-state index in [4.69, 9.17) is 19.8 Å². The molecule has 0 aromatic carbocycles. The van der Waals surface area contributed by atoms with Gasteiger partial charge in [-0.3, -0.25) is 4.79 Å². The normalized spacial score (nSPS) is 5.38. The predicted molar refractivity (Wildman–Crippen MR) is 60.2 cm³/mol. The van der Waals surface area contributed by atoms with Crippen molar-refractivity contribution in [2.24, 2.45) is 5.73 Å². The van der Waals surface area contributed by atoms with Crippen LogP contribution in [0.1, 0.15) is 6.92 Å². The summed E-state index contributed by atoms with van der Waals surface area (Å²) in [4.78, 5) is 27.0. The molecular weight excluding hydrogens is 318 g/mol. The van der Waals surface area contributed by atoms with Gasteiger partial charge < -0.3 is 38.1 Å². The molecule has 10 N–H and O–H groups in total. The van der Waals surface area contributed by atoms with E-state index in [0.29, 0.717) is 0 Å². The molecule has 0 bridgehead atoms. The second-order valence-corrected chi connectivity index (χ2v) is 1.70. The van der Waals surface area contributed by atoms with Crippen LogP contribution in [0.15, 0.2) is 0 Å². The minimum Gasteiger partial charge on any atom is -0.549 e. The first-order valence-corrected chi connectivity index (χ1v) is 3.35. The predicted octanol–water partition coefficient (Wildman–Crippen LogP) is -1.68. The van der Waals surface area contributed by atoms with E-state index in [0.717, 1.165) is 6.92 Å². The van der Waals surface area contributed by atoms with Gasteiger partial charge >= 0.3 is 51.6 Å². The summed E-state index contributed by atoms with van der Waals surface area (Å²) in [5.41, 5.74) is 4.03. The molecule has 0 aromatic heterocycles. The van der Waals surface area contributed by atoms with E-state index < -0.39 is 18.0 Å². The Morgan fingerprint density at radius 3 is 1.31 bits per heavy atom. The van der Waals surface area contributed by atoms with Crippen LogP contribution in [0.4, 0.5) is 4.79 Å². The minimum absolute atomic E-state index is 0. The van der Waals surface area contributed by atoms with Crippen LogP contribution in [-0.2, 0) is 9.59 Å². The summed E-state index contributed by atoms with van der Waals surface area (Å²) >= 11 is 3.35. The molecule has 95 valence electrons. The summed E-state index contributed by atoms with van der Waals surface area (Å²) in [6, 6.07) is 0. The van der Waals surface area contributed by atoms with Gasteiger partial charge in [0.2, 0.25) is 0 Å². The summed E-state index contributed by atoms with van der Waals surface area (Å²) in [5, 5.41) is 23.8. The van der Waals surface area contributed by atoms with Crippen LogP contribution < -0.4 is 23.1 Å². The molecule has 0 aromatic rings. The van der Waals surface area contributed by atoms with E-state index in [2.05, 4.69) is 18.4 Å². The molecule has 1 radical (unpaired) electrons. The average Bonchev–Trinajstić information content (AvgIpc) is 1.84. The standard InChI is InChI=1S/C2H4O2S.C2H4O2.CH3NO2.2H3N.Sr/c3-2(4)1-5;1-2(3)4;2-1(3)4;;;/h5H,1H2,(H,3,4);1H3,(H,3,4);2H2,(H,3,4);2*1H3;/q;;;;;+1/p-1. The minimum atomic E-state index is -1.33. The summed E-state index contributed by atoms with van der Waals surface area (Å²) in [6.45, 7) is 1.08. The first kappa shape index (κ1) is 36.0. The molecular formula is C5H16N3O6SSr. The molecule has 0 fully saturated rings. The number of primary amides is 1. The maximum atomic E-state index is 9.18. The van der Waals surface area contributed by atoms with Crippen LogP contribution in [0.3, 0.4) is 0 Å². The van der Waals surface area contributed by atoms with Gasteiger partial charge in [0.25, 0.3) is 5.97 Å². The van der Waals surface area contributed by atoms with Crippen molar-refractivity contribution in [3.8, 4) is 0 Å². The smallest absolute Gasteiger partial charge is 0.549 e. The van der Waals surface area contributed by atoms with Gasteiger partial charge in [-0.2, -0.15) is 12.6 Å². The van der Waals surface area contributed by atoms with Gasteiger partial charge in [-0.05, 0) is 0 Å². The monoisotopic (exact) mass is 334 g/mol. The number of carboxylic acids is 2. The van der Waals surface area contributed by atoms with Crippen LogP contribution in [0.5, 0.6) is 0 Å². The molecule has 0 aliphatic heterocycles. The SMILES string of the molecule is CC(=O)O.N.N.NC(=O)O.O=C([O-])CS.[Sr+]. The van der Waals surface area contributed by atoms with Gasteiger partial charge in [0.15, 0.2) is 0 Å². The molecule has 11 heteroatoms. The maximum Gasteiger partial charge on any atom is 1.00 e. The van der Waals surface area contributed by atoms with Crippen LogP contribution in [0.25, 0.3) is 0 Å². The molecule has 0 rings (SSSR count). The summed E-state index contributed by atoms with van der Waals surface area (Å²) < 4.78 is 0. The van der Waals surface area contributed by atoms with E-state index >= 15 is 0 Å². The quantitative estimate of drug-likeness (QED) is 0.240. The molecule has 0 heterocycles. The van der Waals surface area contributed by atoms with E-state index in [1.54, 1.807) is 0 Å². The van der Waals surface area contributed by atoms with E-state index in [9.17, 15) is 9.90 Å². The third-order valence-electron chi connectivity index (χ3n) is 0.129. The fraction of sp³-hybridized carbons (Fsp3) is 0.400. The van der Waals surface area contributed by atoms with Crippen LogP contribution in [0.2, 0.25) is 0 Å². The molecule has 0 saturated carbocycles. The third kappa shape index (κ3) is 610. The largest absolute Gasteiger partial charge is 1.00 e. The van der Waals surface area contributed by atoms with Crippen molar-refractivity contribution in [1.29, 1.82) is 0 Å². The van der Waals surface area contributed by atoms with Crippen molar-refractivity contribution < 1.29 is 29.7 Å². The topological polar surface area (TPSA) is 211 Å². The number of carbonyl (C=O) groups is 3. The van der Waals surface area contributed by atoms with Gasteiger partial charge in [0.1, 0.15) is 0 Å². The van der Waals surface area contributed by atoms with Crippen LogP contribution in [0, 0.1) is 0 Å². The zero-order chi connectivity index (χ0) is 11.4. The van der Waals surface area contributed by atoms with E-state index in [1.807, 2.05) is 0 Å². The molecule has 1 amide bonds. The summed E-state index contributed by atoms with van der Waals surface area (Å²) in [7, 11) is 0. The Balaban J connectivity index is -0.0000000216. The average molecular weight is 334 g/mol. The number of thiol groups is 1. The third-order valence-corrected chi connectivity index (χ3v) is 0.387. The maximum absolute atomic E-state index is 9.18. The van der Waals surface area contributed by atoms with Gasteiger partial charge in [0, 0.05) is 12.7 Å². The Labute approximate surface area is 135 Å². The van der Waals surface area contributed by atoms with Crippen molar-refractivity contribution in [3.05, 3.63) is 0 Å². The molecule has 0 atom stereocenters. The Morgan fingerprint density at radius 1 is 1.25 bits per heavy atom. The number of rotatable bonds is 1. The van der Waals surface area contributed by atoms with E-state index in [-0.39, 0.29) is 63.5 Å². The number of hydrogen-bond donors (Lipinski definition) is 6. The van der Waals surface area contributed by atoms with E-state index in [1.165, 1.54) is 0 Å². The molecule has 0 aliphatic rings. The number of aliphatic carboxylic acids is 2. The Bertz CT molecular complexity index is 162. The zero-order valence-corrected chi connectivity index (χ0v) is 13.3. The summed E-state index contributed by atoms with van der Waals surface area (Å²) in [5.74, 6) is -2.16. The molecule has 16 heavy (non-hydrogen) atoms. The second kappa shape index (κ2) is 29.4. The fourth-order valence-corrected chi connectivity index (χ4v) is 0.